The molecule has 10 unspecified atom stereocenters. The first-order valence-corrected chi connectivity index (χ1v) is 14.7. The van der Waals surface area contributed by atoms with E-state index in [0.717, 1.165) is 44.1 Å². The Morgan fingerprint density at radius 3 is 2.24 bits per heavy atom. The van der Waals surface area contributed by atoms with Gasteiger partial charge in [0.25, 0.3) is 0 Å². The Kier molecular flexibility index (Phi) is 5.95. The molecule has 0 saturated heterocycles. The Morgan fingerprint density at radius 2 is 1.62 bits per heavy atom. The van der Waals surface area contributed by atoms with Crippen LogP contribution < -0.4 is 0 Å². The Balaban J connectivity index is 1.62. The van der Waals surface area contributed by atoms with E-state index < -0.39 is 11.4 Å². The Labute approximate surface area is 223 Å². The zero-order chi connectivity index (χ0) is 27.3. The van der Waals surface area contributed by atoms with Crippen molar-refractivity contribution in [2.45, 2.75) is 113 Å². The van der Waals surface area contributed by atoms with E-state index in [1.165, 1.54) is 6.92 Å². The van der Waals surface area contributed by atoms with Crippen LogP contribution in [-0.4, -0.2) is 28.9 Å². The Morgan fingerprint density at radius 1 is 0.946 bits per heavy atom. The summed E-state index contributed by atoms with van der Waals surface area (Å²) in [5.74, 6) is 0.135. The monoisotopic (exact) mass is 512 g/mol. The normalized spacial score (nSPS) is 50.5. The second-order valence-electron chi connectivity index (χ2n) is 15.1. The van der Waals surface area contributed by atoms with E-state index in [9.17, 15) is 19.5 Å². The maximum Gasteiger partial charge on any atom is 0.310 e. The molecular weight excluding hydrogens is 464 g/mol. The van der Waals surface area contributed by atoms with Crippen LogP contribution in [0.5, 0.6) is 0 Å². The number of carboxylic acid groups (broad SMARTS) is 1. The smallest absolute Gasteiger partial charge is 0.310 e. The van der Waals surface area contributed by atoms with Gasteiger partial charge < -0.3 is 9.84 Å². The predicted molar refractivity (Wildman–Crippen MR) is 143 cm³/mol. The quantitative estimate of drug-likeness (QED) is 0.410. The molecule has 1 N–H and O–H groups in total. The fourth-order valence-corrected chi connectivity index (χ4v) is 11.1. The van der Waals surface area contributed by atoms with Crippen LogP contribution in [0.4, 0.5) is 0 Å². The minimum Gasteiger partial charge on any atom is -0.481 e. The van der Waals surface area contributed by atoms with E-state index in [1.54, 1.807) is 0 Å². The molecular formula is C32H48O5. The van der Waals surface area contributed by atoms with Gasteiger partial charge in [-0.1, -0.05) is 54.0 Å². The minimum atomic E-state index is -0.744. The number of ketones is 1. The second-order valence-corrected chi connectivity index (χ2v) is 15.1. The number of carboxylic acids is 1. The molecule has 37 heavy (non-hydrogen) atoms. The fraction of sp³-hybridized carbons (Fsp3) is 0.844. The van der Waals surface area contributed by atoms with Crippen LogP contribution in [0.1, 0.15) is 107 Å². The van der Waals surface area contributed by atoms with Gasteiger partial charge in [0, 0.05) is 18.3 Å². The van der Waals surface area contributed by atoms with E-state index in [4.69, 9.17) is 4.74 Å². The van der Waals surface area contributed by atoms with Gasteiger partial charge in [0.1, 0.15) is 6.10 Å². The third-order valence-electron chi connectivity index (χ3n) is 13.4. The first kappa shape index (κ1) is 26.9. The van der Waals surface area contributed by atoms with Crippen molar-refractivity contribution < 1.29 is 24.2 Å². The molecule has 0 aromatic rings. The summed E-state index contributed by atoms with van der Waals surface area (Å²) in [7, 11) is 0. The van der Waals surface area contributed by atoms with Crippen molar-refractivity contribution in [1.29, 1.82) is 0 Å². The van der Waals surface area contributed by atoms with E-state index in [-0.39, 0.29) is 63.2 Å². The average Bonchev–Trinajstić information content (AvgIpc) is 2.79. The van der Waals surface area contributed by atoms with Crippen LogP contribution >= 0.6 is 0 Å². The van der Waals surface area contributed by atoms with E-state index >= 15 is 0 Å². The highest BCUT2D eigenvalue weighted by atomic mass is 16.5. The minimum absolute atomic E-state index is 0.0732. The van der Waals surface area contributed by atoms with Gasteiger partial charge in [0.05, 0.1) is 5.41 Å². The molecule has 5 aliphatic carbocycles. The molecule has 0 aliphatic heterocycles. The van der Waals surface area contributed by atoms with Crippen LogP contribution in [0.25, 0.3) is 0 Å². The number of rotatable bonds is 2. The van der Waals surface area contributed by atoms with Gasteiger partial charge in [0.15, 0.2) is 5.78 Å². The number of aliphatic carboxylic acids is 1. The summed E-state index contributed by atoms with van der Waals surface area (Å²) in [6.07, 6.45) is 8.65. The fourth-order valence-electron chi connectivity index (χ4n) is 11.1. The third kappa shape index (κ3) is 3.30. The van der Waals surface area contributed by atoms with Gasteiger partial charge in [-0.25, -0.2) is 0 Å². The molecule has 5 aliphatic rings. The van der Waals surface area contributed by atoms with E-state index in [2.05, 4.69) is 48.5 Å². The molecule has 4 fully saturated rings. The van der Waals surface area contributed by atoms with E-state index in [1.807, 2.05) is 6.08 Å². The lowest BCUT2D eigenvalue weighted by Gasteiger charge is -2.70. The van der Waals surface area contributed by atoms with Crippen molar-refractivity contribution in [2.75, 3.05) is 0 Å². The largest absolute Gasteiger partial charge is 0.481 e. The predicted octanol–water partition coefficient (Wildman–Crippen LogP) is 6.84. The number of carbonyl (C=O) groups excluding carboxylic acids is 2. The molecule has 0 aromatic heterocycles. The van der Waals surface area contributed by atoms with Crippen molar-refractivity contribution >= 4 is 17.7 Å². The van der Waals surface area contributed by atoms with Gasteiger partial charge in [-0.05, 0) is 97.4 Å². The van der Waals surface area contributed by atoms with Crippen LogP contribution in [-0.2, 0) is 19.1 Å². The molecule has 5 rings (SSSR count). The maximum absolute atomic E-state index is 14.4. The summed E-state index contributed by atoms with van der Waals surface area (Å²) in [6, 6.07) is 0. The molecule has 0 amide bonds. The van der Waals surface area contributed by atoms with Crippen molar-refractivity contribution in [3.05, 3.63) is 11.6 Å². The lowest BCUT2D eigenvalue weighted by Crippen LogP contribution is -2.67. The molecule has 0 radical (unpaired) electrons. The van der Waals surface area contributed by atoms with Crippen molar-refractivity contribution in [2.24, 2.45) is 56.7 Å². The topological polar surface area (TPSA) is 80.7 Å². The summed E-state index contributed by atoms with van der Waals surface area (Å²) in [5, 5.41) is 10.6. The van der Waals surface area contributed by atoms with Crippen molar-refractivity contribution in [1.82, 2.24) is 0 Å². The Hall–Kier alpha value is -1.65. The number of carbonyl (C=O) groups is 3. The number of hydrogen-bond donors (Lipinski definition) is 1. The highest BCUT2D eigenvalue weighted by molar-refractivity contribution is 5.96. The lowest BCUT2D eigenvalue weighted by atomic mass is 9.33. The molecule has 0 bridgehead atoms. The molecule has 5 nitrogen and oxygen atoms in total. The van der Waals surface area contributed by atoms with Crippen molar-refractivity contribution in [3.8, 4) is 0 Å². The van der Waals surface area contributed by atoms with Crippen molar-refractivity contribution in [3.63, 3.8) is 0 Å². The van der Waals surface area contributed by atoms with Gasteiger partial charge >= 0.3 is 11.9 Å². The number of hydrogen-bond acceptors (Lipinski definition) is 4. The first-order chi connectivity index (χ1) is 17.1. The molecule has 0 aromatic carbocycles. The molecule has 0 heterocycles. The molecule has 4 saturated carbocycles. The molecule has 10 atom stereocenters. The third-order valence-corrected chi connectivity index (χ3v) is 13.4. The SMILES string of the molecule is CC(=O)OC1CCC2(C)C(CCC3(C)C2C(=O)C=C2C4C(C)C(C)CCC4(C(=O)O)CCC23C)C1(C)C. The number of esters is 1. The van der Waals surface area contributed by atoms with Crippen LogP contribution in [0.3, 0.4) is 0 Å². The lowest BCUT2D eigenvalue weighted by molar-refractivity contribution is -0.212. The maximum atomic E-state index is 14.4. The summed E-state index contributed by atoms with van der Waals surface area (Å²) < 4.78 is 5.82. The number of fused-ring (bicyclic) bond motifs is 7. The van der Waals surface area contributed by atoms with E-state index in [0.29, 0.717) is 18.8 Å². The average molecular weight is 513 g/mol. The summed E-state index contributed by atoms with van der Waals surface area (Å²) in [6.45, 7) is 17.5. The van der Waals surface area contributed by atoms with Gasteiger partial charge in [-0.2, -0.15) is 0 Å². The standard InChI is InChI=1S/C32H48O5/c1-18-9-14-32(27(35)36)16-15-30(7)21(25(32)19(18)2)17-22(34)26-29(6)12-11-24(37-20(3)33)28(4,5)23(29)10-13-31(26,30)8/h17-19,23-26H,9-16H2,1-8H3,(H,35,36). The zero-order valence-corrected chi connectivity index (χ0v) is 24.3. The molecule has 0 spiro atoms. The number of allylic oxidation sites excluding steroid dienone is 2. The highest BCUT2D eigenvalue weighted by Crippen LogP contribution is 2.75. The van der Waals surface area contributed by atoms with Crippen LogP contribution in [0.15, 0.2) is 11.6 Å². The number of ether oxygens (including phenoxy) is 1. The van der Waals surface area contributed by atoms with Gasteiger partial charge in [-0.3, -0.25) is 14.4 Å². The molecule has 5 heteroatoms. The first-order valence-electron chi connectivity index (χ1n) is 14.7. The van der Waals surface area contributed by atoms with Crippen LogP contribution in [0, 0.1) is 56.7 Å². The summed E-state index contributed by atoms with van der Waals surface area (Å²) in [5.41, 5.74) is -0.378. The Bertz CT molecular complexity index is 1060. The summed E-state index contributed by atoms with van der Waals surface area (Å²) in [4.78, 5) is 39.1. The second kappa shape index (κ2) is 8.18. The van der Waals surface area contributed by atoms with Gasteiger partial charge in [0.2, 0.25) is 0 Å². The molecule has 206 valence electrons. The zero-order valence-electron chi connectivity index (χ0n) is 24.3. The highest BCUT2D eigenvalue weighted by Gasteiger charge is 2.71. The van der Waals surface area contributed by atoms with Gasteiger partial charge in [-0.15, -0.1) is 0 Å². The summed E-state index contributed by atoms with van der Waals surface area (Å²) >= 11 is 0. The van der Waals surface area contributed by atoms with Crippen LogP contribution in [0.2, 0.25) is 0 Å².